The number of rotatable bonds is 6. The molecule has 60 valence electrons. The van der Waals surface area contributed by atoms with Crippen molar-refractivity contribution in [2.45, 2.75) is 32.3 Å². The maximum Gasteiger partial charge on any atom is 0.293 e. The van der Waals surface area contributed by atoms with E-state index in [4.69, 9.17) is 4.74 Å². The Morgan fingerprint density at radius 2 is 2.40 bits per heavy atom. The molecule has 0 amide bonds. The van der Waals surface area contributed by atoms with Crippen molar-refractivity contribution in [1.82, 2.24) is 0 Å². The fourth-order valence-corrected chi connectivity index (χ4v) is 1.17. The van der Waals surface area contributed by atoms with Gasteiger partial charge >= 0.3 is 0 Å². The number of carbonyl (C=O) groups is 1. The molecule has 0 rings (SSSR count). The Morgan fingerprint density at radius 1 is 1.70 bits per heavy atom. The van der Waals surface area contributed by atoms with Crippen molar-refractivity contribution < 1.29 is 9.53 Å². The number of hydrogen-bond donors (Lipinski definition) is 0. The molecule has 0 aromatic rings. The van der Waals surface area contributed by atoms with Crippen LogP contribution in [0.15, 0.2) is 0 Å². The van der Waals surface area contributed by atoms with Gasteiger partial charge in [0.2, 0.25) is 0 Å². The maximum absolute atomic E-state index is 9.89. The van der Waals surface area contributed by atoms with Crippen LogP contribution in [0, 0.1) is 0 Å². The molecule has 0 spiro atoms. The van der Waals surface area contributed by atoms with Crippen LogP contribution in [0.5, 0.6) is 0 Å². The molecular formula is C7H13BrO2. The highest BCUT2D eigenvalue weighted by atomic mass is 79.9. The van der Waals surface area contributed by atoms with E-state index in [9.17, 15) is 4.79 Å². The largest absolute Gasteiger partial charge is 0.464 e. The van der Waals surface area contributed by atoms with E-state index in [0.29, 0.717) is 6.47 Å². The topological polar surface area (TPSA) is 26.3 Å². The first-order valence-electron chi connectivity index (χ1n) is 3.50. The molecule has 0 radical (unpaired) electrons. The Balaban J connectivity index is 3.29. The van der Waals surface area contributed by atoms with E-state index in [0.717, 1.165) is 24.6 Å². The zero-order valence-corrected chi connectivity index (χ0v) is 7.76. The van der Waals surface area contributed by atoms with Crippen molar-refractivity contribution in [3.05, 3.63) is 0 Å². The normalized spacial score (nSPS) is 12.6. The van der Waals surface area contributed by atoms with Crippen LogP contribution < -0.4 is 0 Å². The van der Waals surface area contributed by atoms with Crippen LogP contribution in [0.4, 0.5) is 0 Å². The number of alkyl halides is 1. The molecule has 0 saturated heterocycles. The average molecular weight is 209 g/mol. The predicted molar refractivity (Wildman–Crippen MR) is 44.3 cm³/mol. The Bertz CT molecular complexity index is 85.7. The van der Waals surface area contributed by atoms with Gasteiger partial charge in [-0.05, 0) is 6.42 Å². The predicted octanol–water partition coefficient (Wildman–Crippen LogP) is 2.11. The van der Waals surface area contributed by atoms with Gasteiger partial charge in [0.05, 0.1) is 0 Å². The molecule has 0 aromatic heterocycles. The third kappa shape index (κ3) is 4.79. The van der Waals surface area contributed by atoms with Gasteiger partial charge in [-0.1, -0.05) is 35.7 Å². The highest BCUT2D eigenvalue weighted by Crippen LogP contribution is 2.06. The minimum atomic E-state index is 0.0671. The quantitative estimate of drug-likeness (QED) is 0.494. The SMILES string of the molecule is CCCC[C@H](CBr)OC=O. The van der Waals surface area contributed by atoms with Crippen LogP contribution in [-0.4, -0.2) is 17.9 Å². The van der Waals surface area contributed by atoms with Crippen LogP contribution in [-0.2, 0) is 9.53 Å². The number of hydrogen-bond acceptors (Lipinski definition) is 2. The number of carbonyl (C=O) groups excluding carboxylic acids is 1. The second-order valence-corrected chi connectivity index (χ2v) is 2.80. The first-order chi connectivity index (χ1) is 4.85. The molecule has 3 heteroatoms. The summed E-state index contributed by atoms with van der Waals surface area (Å²) in [5.74, 6) is 0. The zero-order valence-electron chi connectivity index (χ0n) is 6.18. The van der Waals surface area contributed by atoms with Gasteiger partial charge in [-0.15, -0.1) is 0 Å². The molecule has 0 N–H and O–H groups in total. The lowest BCUT2D eigenvalue weighted by Crippen LogP contribution is -2.13. The molecule has 0 fully saturated rings. The first kappa shape index (κ1) is 9.95. The first-order valence-corrected chi connectivity index (χ1v) is 4.62. The van der Waals surface area contributed by atoms with E-state index in [1.807, 2.05) is 0 Å². The molecule has 0 heterocycles. The molecule has 10 heavy (non-hydrogen) atoms. The van der Waals surface area contributed by atoms with Crippen molar-refractivity contribution in [1.29, 1.82) is 0 Å². The minimum Gasteiger partial charge on any atom is -0.464 e. The number of halogens is 1. The lowest BCUT2D eigenvalue weighted by atomic mass is 10.2. The Kier molecular flexibility index (Phi) is 7.03. The van der Waals surface area contributed by atoms with Crippen LogP contribution >= 0.6 is 15.9 Å². The molecule has 0 aliphatic rings. The molecule has 0 bridgehead atoms. The van der Waals surface area contributed by atoms with Gasteiger partial charge in [-0.3, -0.25) is 4.79 Å². The fraction of sp³-hybridized carbons (Fsp3) is 0.857. The van der Waals surface area contributed by atoms with Crippen molar-refractivity contribution in [2.75, 3.05) is 5.33 Å². The zero-order chi connectivity index (χ0) is 7.82. The summed E-state index contributed by atoms with van der Waals surface area (Å²) in [4.78, 5) is 9.89. The second-order valence-electron chi connectivity index (χ2n) is 2.15. The van der Waals surface area contributed by atoms with E-state index >= 15 is 0 Å². The van der Waals surface area contributed by atoms with E-state index in [1.165, 1.54) is 0 Å². The summed E-state index contributed by atoms with van der Waals surface area (Å²) in [6.07, 6.45) is 3.29. The molecule has 2 nitrogen and oxygen atoms in total. The van der Waals surface area contributed by atoms with Gasteiger partial charge < -0.3 is 4.74 Å². The Labute approximate surface area is 70.1 Å². The van der Waals surface area contributed by atoms with Crippen molar-refractivity contribution >= 4 is 22.4 Å². The van der Waals surface area contributed by atoms with Gasteiger partial charge in [-0.25, -0.2) is 0 Å². The Hall–Kier alpha value is -0.0500. The molecule has 0 aliphatic heterocycles. The molecule has 0 aliphatic carbocycles. The lowest BCUT2D eigenvalue weighted by Gasteiger charge is -2.09. The maximum atomic E-state index is 9.89. The summed E-state index contributed by atoms with van der Waals surface area (Å²) in [7, 11) is 0. The summed E-state index contributed by atoms with van der Waals surface area (Å²) in [6, 6.07) is 0. The minimum absolute atomic E-state index is 0.0671. The monoisotopic (exact) mass is 208 g/mol. The highest BCUT2D eigenvalue weighted by Gasteiger charge is 2.04. The molecule has 0 saturated carbocycles. The average Bonchev–Trinajstić information content (AvgIpc) is 1.98. The van der Waals surface area contributed by atoms with Crippen molar-refractivity contribution in [3.63, 3.8) is 0 Å². The molecular weight excluding hydrogens is 196 g/mol. The van der Waals surface area contributed by atoms with Gasteiger partial charge in [0.15, 0.2) is 0 Å². The van der Waals surface area contributed by atoms with Crippen LogP contribution in [0.3, 0.4) is 0 Å². The summed E-state index contributed by atoms with van der Waals surface area (Å²) >= 11 is 3.26. The Morgan fingerprint density at radius 3 is 2.80 bits per heavy atom. The summed E-state index contributed by atoms with van der Waals surface area (Å²) in [5, 5.41) is 0.742. The van der Waals surface area contributed by atoms with E-state index < -0.39 is 0 Å². The van der Waals surface area contributed by atoms with Crippen LogP contribution in [0.2, 0.25) is 0 Å². The van der Waals surface area contributed by atoms with Gasteiger partial charge in [0.25, 0.3) is 6.47 Å². The summed E-state index contributed by atoms with van der Waals surface area (Å²) in [5.41, 5.74) is 0. The molecule has 1 atom stereocenters. The van der Waals surface area contributed by atoms with Gasteiger partial charge in [0.1, 0.15) is 6.10 Å². The number of unbranched alkanes of at least 4 members (excludes halogenated alkanes) is 1. The number of ether oxygens (including phenoxy) is 1. The third-order valence-corrected chi connectivity index (χ3v) is 2.02. The van der Waals surface area contributed by atoms with Crippen molar-refractivity contribution in [3.8, 4) is 0 Å². The summed E-state index contributed by atoms with van der Waals surface area (Å²) < 4.78 is 4.77. The lowest BCUT2D eigenvalue weighted by molar-refractivity contribution is -0.132. The van der Waals surface area contributed by atoms with Crippen molar-refractivity contribution in [2.24, 2.45) is 0 Å². The van der Waals surface area contributed by atoms with E-state index in [1.54, 1.807) is 0 Å². The third-order valence-electron chi connectivity index (χ3n) is 1.30. The molecule has 0 unspecified atom stereocenters. The highest BCUT2D eigenvalue weighted by molar-refractivity contribution is 9.09. The standard InChI is InChI=1S/C7H13BrO2/c1-2-3-4-7(5-8)10-6-9/h6-7H,2-5H2,1H3/t7-/m1/s1. The van der Waals surface area contributed by atoms with E-state index in [-0.39, 0.29) is 6.10 Å². The van der Waals surface area contributed by atoms with Gasteiger partial charge in [0, 0.05) is 5.33 Å². The van der Waals surface area contributed by atoms with Gasteiger partial charge in [-0.2, -0.15) is 0 Å². The fourth-order valence-electron chi connectivity index (χ4n) is 0.692. The smallest absolute Gasteiger partial charge is 0.293 e. The molecule has 0 aromatic carbocycles. The van der Waals surface area contributed by atoms with Crippen LogP contribution in [0.1, 0.15) is 26.2 Å². The second kappa shape index (κ2) is 7.06. The van der Waals surface area contributed by atoms with Crippen LogP contribution in [0.25, 0.3) is 0 Å². The summed E-state index contributed by atoms with van der Waals surface area (Å²) in [6.45, 7) is 2.63. The van der Waals surface area contributed by atoms with E-state index in [2.05, 4.69) is 22.9 Å².